The van der Waals surface area contributed by atoms with Crippen molar-refractivity contribution in [2.45, 2.75) is 18.4 Å². The molecular weight excluding hydrogens is 292 g/mol. The zero-order chi connectivity index (χ0) is 15.6. The van der Waals surface area contributed by atoms with Gasteiger partial charge in [0.05, 0.1) is 19.3 Å². The lowest BCUT2D eigenvalue weighted by atomic mass is 10.3. The predicted molar refractivity (Wildman–Crippen MR) is 79.9 cm³/mol. The number of nitrogens with two attached hydrogens (primary N) is 1. The molecule has 0 amide bonds. The van der Waals surface area contributed by atoms with Gasteiger partial charge in [0.25, 0.3) is 10.0 Å². The fourth-order valence-corrected chi connectivity index (χ4v) is 3.35. The number of hydrogen-bond donors (Lipinski definition) is 1. The van der Waals surface area contributed by atoms with Crippen molar-refractivity contribution >= 4 is 15.7 Å². The van der Waals surface area contributed by atoms with Gasteiger partial charge in [-0.1, -0.05) is 6.07 Å². The Morgan fingerprint density at radius 2 is 2.05 bits per heavy atom. The van der Waals surface area contributed by atoms with Crippen molar-refractivity contribution in [3.8, 4) is 5.75 Å². The Bertz CT molecular complexity index is 737. The maximum Gasteiger partial charge on any atom is 0.267 e. The van der Waals surface area contributed by atoms with Crippen LogP contribution in [0.15, 0.2) is 39.6 Å². The summed E-state index contributed by atoms with van der Waals surface area (Å²) < 4.78 is 37.0. The average Bonchev–Trinajstić information content (AvgIpc) is 2.88. The number of rotatable bonds is 5. The number of furan rings is 1. The first-order chi connectivity index (χ1) is 9.90. The molecule has 114 valence electrons. The van der Waals surface area contributed by atoms with Crippen molar-refractivity contribution < 1.29 is 17.6 Å². The maximum atomic E-state index is 12.7. The molecule has 0 aliphatic heterocycles. The molecule has 7 heteroatoms. The van der Waals surface area contributed by atoms with E-state index in [-0.39, 0.29) is 11.4 Å². The van der Waals surface area contributed by atoms with Crippen molar-refractivity contribution in [3.05, 3.63) is 41.9 Å². The van der Waals surface area contributed by atoms with Crippen LogP contribution in [0.4, 0.5) is 5.69 Å². The Morgan fingerprint density at radius 1 is 1.33 bits per heavy atom. The summed E-state index contributed by atoms with van der Waals surface area (Å²) in [5, 5.41) is 0. The van der Waals surface area contributed by atoms with Crippen LogP contribution in [0.25, 0.3) is 0 Å². The quantitative estimate of drug-likeness (QED) is 0.911. The van der Waals surface area contributed by atoms with Gasteiger partial charge in [-0.05, 0) is 19.1 Å². The molecule has 1 heterocycles. The molecule has 0 saturated carbocycles. The predicted octanol–water partition coefficient (Wildman–Crippen LogP) is 1.88. The molecule has 2 N–H and O–H groups in total. The third kappa shape index (κ3) is 2.88. The second kappa shape index (κ2) is 5.79. The maximum absolute atomic E-state index is 12.7. The first-order valence-electron chi connectivity index (χ1n) is 6.32. The monoisotopic (exact) mass is 310 g/mol. The van der Waals surface area contributed by atoms with E-state index in [0.29, 0.717) is 23.0 Å². The van der Waals surface area contributed by atoms with E-state index in [4.69, 9.17) is 14.9 Å². The highest BCUT2D eigenvalue weighted by atomic mass is 32.2. The average molecular weight is 310 g/mol. The van der Waals surface area contributed by atoms with Crippen LogP contribution in [0.2, 0.25) is 0 Å². The van der Waals surface area contributed by atoms with E-state index in [1.54, 1.807) is 31.2 Å². The van der Waals surface area contributed by atoms with Gasteiger partial charge in [-0.25, -0.2) is 8.42 Å². The summed E-state index contributed by atoms with van der Waals surface area (Å²) in [4.78, 5) is 0.119. The third-order valence-corrected chi connectivity index (χ3v) is 5.07. The zero-order valence-electron chi connectivity index (χ0n) is 12.2. The van der Waals surface area contributed by atoms with Gasteiger partial charge in [0.2, 0.25) is 0 Å². The fourth-order valence-electron chi connectivity index (χ4n) is 1.97. The Kier molecular flexibility index (Phi) is 4.24. The molecule has 6 nitrogen and oxygen atoms in total. The standard InChI is InChI=1S/C14H18N2O4S/c1-10-14(8-13(9-15)20-10)21(17,18)16(2)11-5-4-6-12(7-11)19-3/h4-8H,9,15H2,1-3H3. The first-order valence-corrected chi connectivity index (χ1v) is 7.76. The lowest BCUT2D eigenvalue weighted by Gasteiger charge is -2.19. The number of anilines is 1. The molecule has 0 spiro atoms. The van der Waals surface area contributed by atoms with Crippen LogP contribution in [0.3, 0.4) is 0 Å². The largest absolute Gasteiger partial charge is 0.497 e. The number of hydrogen-bond acceptors (Lipinski definition) is 5. The van der Waals surface area contributed by atoms with E-state index in [1.165, 1.54) is 24.5 Å². The topological polar surface area (TPSA) is 85.8 Å². The summed E-state index contributed by atoms with van der Waals surface area (Å²) in [6, 6.07) is 8.28. The Morgan fingerprint density at radius 3 is 2.62 bits per heavy atom. The van der Waals surface area contributed by atoms with Gasteiger partial charge in [-0.2, -0.15) is 0 Å². The highest BCUT2D eigenvalue weighted by Gasteiger charge is 2.26. The number of aryl methyl sites for hydroxylation is 1. The van der Waals surface area contributed by atoms with Crippen molar-refractivity contribution in [1.29, 1.82) is 0 Å². The van der Waals surface area contributed by atoms with E-state index in [0.717, 1.165) is 0 Å². The Labute approximate surface area is 124 Å². The van der Waals surface area contributed by atoms with Crippen molar-refractivity contribution in [3.63, 3.8) is 0 Å². The summed E-state index contributed by atoms with van der Waals surface area (Å²) in [5.74, 6) is 1.34. The van der Waals surface area contributed by atoms with Gasteiger partial charge in [-0.15, -0.1) is 0 Å². The number of sulfonamides is 1. The van der Waals surface area contributed by atoms with Crippen molar-refractivity contribution in [2.75, 3.05) is 18.5 Å². The van der Waals surface area contributed by atoms with E-state index in [2.05, 4.69) is 0 Å². The highest BCUT2D eigenvalue weighted by Crippen LogP contribution is 2.28. The Balaban J connectivity index is 2.44. The molecule has 0 aliphatic carbocycles. The van der Waals surface area contributed by atoms with E-state index < -0.39 is 10.0 Å². The molecule has 0 bridgehead atoms. The van der Waals surface area contributed by atoms with Crippen LogP contribution in [0, 0.1) is 6.92 Å². The molecule has 2 rings (SSSR count). The summed E-state index contributed by atoms with van der Waals surface area (Å²) >= 11 is 0. The third-order valence-electron chi connectivity index (χ3n) is 3.18. The second-order valence-corrected chi connectivity index (χ2v) is 6.45. The van der Waals surface area contributed by atoms with Crippen molar-refractivity contribution in [1.82, 2.24) is 0 Å². The SMILES string of the molecule is COc1cccc(N(C)S(=O)(=O)c2cc(CN)oc2C)c1. The zero-order valence-corrected chi connectivity index (χ0v) is 13.0. The summed E-state index contributed by atoms with van der Waals surface area (Å²) in [7, 11) is -0.695. The summed E-state index contributed by atoms with van der Waals surface area (Å²) in [5.41, 5.74) is 5.99. The molecule has 0 aliphatic rings. The minimum atomic E-state index is -3.71. The number of methoxy groups -OCH3 is 1. The van der Waals surface area contributed by atoms with Crippen LogP contribution < -0.4 is 14.8 Å². The van der Waals surface area contributed by atoms with Crippen LogP contribution in [-0.4, -0.2) is 22.6 Å². The second-order valence-electron chi connectivity index (χ2n) is 4.51. The van der Waals surface area contributed by atoms with Gasteiger partial charge >= 0.3 is 0 Å². The van der Waals surface area contributed by atoms with Crippen LogP contribution >= 0.6 is 0 Å². The minimum absolute atomic E-state index is 0.119. The normalized spacial score (nSPS) is 11.4. The molecule has 0 atom stereocenters. The van der Waals surface area contributed by atoms with Gasteiger partial charge in [0.1, 0.15) is 22.2 Å². The fraction of sp³-hybridized carbons (Fsp3) is 0.286. The van der Waals surface area contributed by atoms with E-state index in [1.807, 2.05) is 0 Å². The van der Waals surface area contributed by atoms with Crippen LogP contribution in [0.5, 0.6) is 5.75 Å². The van der Waals surface area contributed by atoms with E-state index >= 15 is 0 Å². The smallest absolute Gasteiger partial charge is 0.267 e. The van der Waals surface area contributed by atoms with Gasteiger partial charge < -0.3 is 14.9 Å². The molecule has 1 aromatic heterocycles. The molecule has 0 unspecified atom stereocenters. The number of nitrogens with zero attached hydrogens (tertiary/aromatic N) is 1. The summed E-state index contributed by atoms with van der Waals surface area (Å²) in [6.07, 6.45) is 0. The Hall–Kier alpha value is -1.99. The molecule has 2 aromatic rings. The van der Waals surface area contributed by atoms with Crippen LogP contribution in [-0.2, 0) is 16.6 Å². The molecular formula is C14H18N2O4S. The lowest BCUT2D eigenvalue weighted by Crippen LogP contribution is -2.26. The summed E-state index contributed by atoms with van der Waals surface area (Å²) in [6.45, 7) is 1.75. The molecule has 0 radical (unpaired) electrons. The van der Waals surface area contributed by atoms with Crippen molar-refractivity contribution in [2.24, 2.45) is 5.73 Å². The van der Waals surface area contributed by atoms with Gasteiger partial charge in [0.15, 0.2) is 0 Å². The first kappa shape index (κ1) is 15.4. The molecule has 21 heavy (non-hydrogen) atoms. The molecule has 0 fully saturated rings. The highest BCUT2D eigenvalue weighted by molar-refractivity contribution is 7.92. The van der Waals surface area contributed by atoms with Gasteiger partial charge in [0, 0.05) is 19.2 Å². The minimum Gasteiger partial charge on any atom is -0.497 e. The lowest BCUT2D eigenvalue weighted by molar-refractivity contribution is 0.415. The number of ether oxygens (including phenoxy) is 1. The number of benzene rings is 1. The molecule has 1 aromatic carbocycles. The molecule has 0 saturated heterocycles. The van der Waals surface area contributed by atoms with Gasteiger partial charge in [-0.3, -0.25) is 4.31 Å². The van der Waals surface area contributed by atoms with Crippen LogP contribution in [0.1, 0.15) is 11.5 Å². The van der Waals surface area contributed by atoms with E-state index in [9.17, 15) is 8.42 Å².